The molecule has 0 unspecified atom stereocenters. The number of benzene rings is 1. The number of H-pyrrole nitrogens is 1. The molecule has 0 saturated carbocycles. The number of nitrogens with zero attached hydrogens (tertiary/aromatic N) is 5. The standard InChI is InChI=1S/C24H34N6O3/c1-15(2)22(23-26-27-28-30(23)14-19-6-5-9-33-19)29(7-8-31)13-18-12-20-17(4)10-16(3)11-21(20)25-24(18)32/h10-12,15,19,22,31H,5-9,13-14H2,1-4H3,(H,25,32)/t19-,22+/m0/s1. The molecule has 33 heavy (non-hydrogen) atoms. The van der Waals surface area contributed by atoms with Crippen molar-refractivity contribution in [3.05, 3.63) is 51.1 Å². The van der Waals surface area contributed by atoms with Crippen LogP contribution in [0, 0.1) is 19.8 Å². The Morgan fingerprint density at radius 2 is 2.12 bits per heavy atom. The Kier molecular flexibility index (Phi) is 7.21. The van der Waals surface area contributed by atoms with Crippen LogP contribution in [0.15, 0.2) is 23.0 Å². The third-order valence-corrected chi connectivity index (χ3v) is 6.40. The number of rotatable bonds is 9. The molecule has 3 aromatic rings. The summed E-state index contributed by atoms with van der Waals surface area (Å²) in [4.78, 5) is 18.1. The number of hydrogen-bond donors (Lipinski definition) is 2. The van der Waals surface area contributed by atoms with E-state index in [4.69, 9.17) is 4.74 Å². The molecular weight excluding hydrogens is 420 g/mol. The molecule has 0 radical (unpaired) electrons. The van der Waals surface area contributed by atoms with E-state index >= 15 is 0 Å². The summed E-state index contributed by atoms with van der Waals surface area (Å²) in [6, 6.07) is 5.92. The quantitative estimate of drug-likeness (QED) is 0.511. The summed E-state index contributed by atoms with van der Waals surface area (Å²) in [7, 11) is 0. The lowest BCUT2D eigenvalue weighted by Gasteiger charge is -2.33. The van der Waals surface area contributed by atoms with Crippen LogP contribution in [0.1, 0.15) is 55.2 Å². The molecule has 178 valence electrons. The predicted octanol–water partition coefficient (Wildman–Crippen LogP) is 2.50. The molecule has 0 bridgehead atoms. The van der Waals surface area contributed by atoms with E-state index in [1.165, 1.54) is 0 Å². The fraction of sp³-hybridized carbons (Fsp3) is 0.583. The second-order valence-corrected chi connectivity index (χ2v) is 9.40. The molecule has 1 saturated heterocycles. The molecule has 2 atom stereocenters. The lowest BCUT2D eigenvalue weighted by molar-refractivity contribution is 0.0819. The maximum atomic E-state index is 13.0. The second-order valence-electron chi connectivity index (χ2n) is 9.40. The van der Waals surface area contributed by atoms with Gasteiger partial charge in [0.25, 0.3) is 5.56 Å². The Morgan fingerprint density at radius 1 is 1.30 bits per heavy atom. The first-order valence-electron chi connectivity index (χ1n) is 11.7. The van der Waals surface area contributed by atoms with Crippen molar-refractivity contribution in [2.75, 3.05) is 19.8 Å². The summed E-state index contributed by atoms with van der Waals surface area (Å²) in [6.45, 7) is 10.4. The van der Waals surface area contributed by atoms with Gasteiger partial charge in [-0.25, -0.2) is 4.68 Å². The van der Waals surface area contributed by atoms with Crippen molar-refractivity contribution in [1.82, 2.24) is 30.1 Å². The highest BCUT2D eigenvalue weighted by Gasteiger charge is 2.31. The average Bonchev–Trinajstić information content (AvgIpc) is 3.42. The molecule has 3 heterocycles. The molecule has 9 heteroatoms. The molecule has 0 spiro atoms. The molecular formula is C24H34N6O3. The number of pyridine rings is 1. The maximum Gasteiger partial charge on any atom is 0.252 e. The number of ether oxygens (including phenoxy) is 1. The Balaban J connectivity index is 1.68. The van der Waals surface area contributed by atoms with Crippen molar-refractivity contribution in [2.45, 2.75) is 65.8 Å². The van der Waals surface area contributed by atoms with Gasteiger partial charge in [0.2, 0.25) is 0 Å². The zero-order valence-corrected chi connectivity index (χ0v) is 19.9. The Morgan fingerprint density at radius 3 is 2.82 bits per heavy atom. The fourth-order valence-corrected chi connectivity index (χ4v) is 4.92. The van der Waals surface area contributed by atoms with E-state index in [1.807, 2.05) is 23.7 Å². The summed E-state index contributed by atoms with van der Waals surface area (Å²) >= 11 is 0. The van der Waals surface area contributed by atoms with Gasteiger partial charge in [-0.05, 0) is 66.3 Å². The molecule has 1 aliphatic rings. The maximum absolute atomic E-state index is 13.0. The van der Waals surface area contributed by atoms with Gasteiger partial charge in [0.05, 0.1) is 25.3 Å². The monoisotopic (exact) mass is 454 g/mol. The van der Waals surface area contributed by atoms with Gasteiger partial charge in [0, 0.05) is 36.2 Å². The number of aliphatic hydroxyl groups excluding tert-OH is 1. The van der Waals surface area contributed by atoms with Crippen LogP contribution in [0.25, 0.3) is 10.9 Å². The minimum atomic E-state index is -0.164. The average molecular weight is 455 g/mol. The zero-order chi connectivity index (χ0) is 23.5. The van der Waals surface area contributed by atoms with Crippen molar-refractivity contribution in [2.24, 2.45) is 5.92 Å². The Labute approximate surface area is 193 Å². The number of nitrogens with one attached hydrogen (secondary N) is 1. The second kappa shape index (κ2) is 10.1. The molecule has 1 aromatic carbocycles. The Hall–Kier alpha value is -2.62. The van der Waals surface area contributed by atoms with Gasteiger partial charge < -0.3 is 14.8 Å². The smallest absolute Gasteiger partial charge is 0.252 e. The highest BCUT2D eigenvalue weighted by Crippen LogP contribution is 2.29. The van der Waals surface area contributed by atoms with Crippen LogP contribution in [0.3, 0.4) is 0 Å². The third-order valence-electron chi connectivity index (χ3n) is 6.40. The normalized spacial score (nSPS) is 17.5. The van der Waals surface area contributed by atoms with Crippen LogP contribution in [0.2, 0.25) is 0 Å². The van der Waals surface area contributed by atoms with E-state index in [-0.39, 0.29) is 30.2 Å². The van der Waals surface area contributed by atoms with E-state index in [0.29, 0.717) is 25.2 Å². The van der Waals surface area contributed by atoms with Crippen LogP contribution >= 0.6 is 0 Å². The van der Waals surface area contributed by atoms with Crippen molar-refractivity contribution in [3.8, 4) is 0 Å². The van der Waals surface area contributed by atoms with Crippen LogP contribution in [-0.2, 0) is 17.8 Å². The summed E-state index contributed by atoms with van der Waals surface area (Å²) in [5, 5.41) is 23.4. The van der Waals surface area contributed by atoms with E-state index < -0.39 is 0 Å². The van der Waals surface area contributed by atoms with Crippen LogP contribution in [0.4, 0.5) is 0 Å². The first-order valence-corrected chi connectivity index (χ1v) is 11.7. The highest BCUT2D eigenvalue weighted by atomic mass is 16.5. The summed E-state index contributed by atoms with van der Waals surface area (Å²) in [5.74, 6) is 0.896. The number of hydrogen-bond acceptors (Lipinski definition) is 7. The number of aromatic nitrogens is 5. The minimum absolute atomic E-state index is 0.0275. The zero-order valence-electron chi connectivity index (χ0n) is 19.9. The SMILES string of the molecule is Cc1cc(C)c2cc(CN(CCO)[C@@H](c3nnnn3C[C@@H]3CCCO3)C(C)C)c(=O)[nH]c2c1. The Bertz CT molecular complexity index is 1150. The number of fused-ring (bicyclic) bond motifs is 1. The number of tetrazole rings is 1. The minimum Gasteiger partial charge on any atom is -0.395 e. The van der Waals surface area contributed by atoms with Gasteiger partial charge >= 0.3 is 0 Å². The topological polar surface area (TPSA) is 109 Å². The van der Waals surface area contributed by atoms with Crippen molar-refractivity contribution in [3.63, 3.8) is 0 Å². The fourth-order valence-electron chi connectivity index (χ4n) is 4.92. The number of aliphatic hydroxyl groups is 1. The van der Waals surface area contributed by atoms with Crippen molar-refractivity contribution >= 4 is 10.9 Å². The number of aryl methyl sites for hydroxylation is 2. The lowest BCUT2D eigenvalue weighted by Crippen LogP contribution is -2.37. The number of aromatic amines is 1. The largest absolute Gasteiger partial charge is 0.395 e. The summed E-state index contributed by atoms with van der Waals surface area (Å²) < 4.78 is 7.61. The van der Waals surface area contributed by atoms with Gasteiger partial charge in [0.15, 0.2) is 5.82 Å². The molecule has 0 aliphatic carbocycles. The molecule has 1 fully saturated rings. The van der Waals surface area contributed by atoms with Crippen molar-refractivity contribution in [1.29, 1.82) is 0 Å². The van der Waals surface area contributed by atoms with Gasteiger partial charge in [0.1, 0.15) is 0 Å². The van der Waals surface area contributed by atoms with Gasteiger partial charge in [-0.2, -0.15) is 0 Å². The first kappa shape index (κ1) is 23.5. The van der Waals surface area contributed by atoms with Crippen LogP contribution in [0.5, 0.6) is 0 Å². The van der Waals surface area contributed by atoms with Gasteiger partial charge in [-0.15, -0.1) is 5.10 Å². The first-order chi connectivity index (χ1) is 15.9. The van der Waals surface area contributed by atoms with Gasteiger partial charge in [-0.3, -0.25) is 9.69 Å². The molecule has 1 aliphatic heterocycles. The van der Waals surface area contributed by atoms with Crippen LogP contribution in [-0.4, -0.2) is 61.1 Å². The lowest BCUT2D eigenvalue weighted by atomic mass is 9.99. The van der Waals surface area contributed by atoms with Crippen molar-refractivity contribution < 1.29 is 9.84 Å². The molecule has 2 aromatic heterocycles. The summed E-state index contributed by atoms with van der Waals surface area (Å²) in [5.41, 5.74) is 3.62. The highest BCUT2D eigenvalue weighted by molar-refractivity contribution is 5.83. The van der Waals surface area contributed by atoms with E-state index in [9.17, 15) is 9.90 Å². The molecule has 4 rings (SSSR count). The molecule has 0 amide bonds. The summed E-state index contributed by atoms with van der Waals surface area (Å²) in [6.07, 6.45) is 2.16. The molecule has 2 N–H and O–H groups in total. The van der Waals surface area contributed by atoms with Gasteiger partial charge in [-0.1, -0.05) is 19.9 Å². The van der Waals surface area contributed by atoms with E-state index in [2.05, 4.69) is 52.2 Å². The van der Waals surface area contributed by atoms with E-state index in [1.54, 1.807) is 0 Å². The third kappa shape index (κ3) is 5.15. The predicted molar refractivity (Wildman–Crippen MR) is 126 cm³/mol. The molecule has 9 nitrogen and oxygen atoms in total. The van der Waals surface area contributed by atoms with E-state index in [0.717, 1.165) is 47.3 Å². The van der Waals surface area contributed by atoms with Crippen LogP contribution < -0.4 is 5.56 Å².